The number of hydrogen-bond acceptors (Lipinski definition) is 2. The van der Waals surface area contributed by atoms with Crippen LogP contribution in [0.2, 0.25) is 0 Å². The van der Waals surface area contributed by atoms with Crippen molar-refractivity contribution < 1.29 is 0 Å². The molecule has 0 atom stereocenters. The molecule has 3 rings (SSSR count). The summed E-state index contributed by atoms with van der Waals surface area (Å²) in [4.78, 5) is 0. The Morgan fingerprint density at radius 2 is 1.55 bits per heavy atom. The fourth-order valence-corrected chi connectivity index (χ4v) is 3.27. The Labute approximate surface area is 175 Å². The molecule has 2 heteroatoms. The molecular weight excluding hydrogens is 352 g/mol. The highest BCUT2D eigenvalue weighted by Gasteiger charge is 2.01. The summed E-state index contributed by atoms with van der Waals surface area (Å²) in [6.07, 6.45) is 18.7. The first-order chi connectivity index (χ1) is 14.3. The molecule has 1 aliphatic rings. The molecular formula is C27H30N2. The largest absolute Gasteiger partial charge is 0.151 e. The molecule has 0 N–H and O–H groups in total. The van der Waals surface area contributed by atoms with Gasteiger partial charge in [0, 0.05) is 0 Å². The first-order valence-electron chi connectivity index (χ1n) is 10.5. The minimum atomic E-state index is 0.876. The Morgan fingerprint density at radius 1 is 0.897 bits per heavy atom. The van der Waals surface area contributed by atoms with Crippen LogP contribution in [-0.2, 0) is 12.8 Å². The van der Waals surface area contributed by atoms with Gasteiger partial charge in [0.1, 0.15) is 0 Å². The van der Waals surface area contributed by atoms with E-state index in [1.165, 1.54) is 22.3 Å². The average Bonchev–Trinajstić information content (AvgIpc) is 2.78. The van der Waals surface area contributed by atoms with Crippen molar-refractivity contribution in [1.29, 1.82) is 0 Å². The Kier molecular flexibility index (Phi) is 7.94. The molecule has 0 aliphatic heterocycles. The SMILES string of the molecule is C/C=C(\C=C/CC)Cc1ccc(N=Nc2ccc(CC3=CCCC=C3)cc2)cc1. The zero-order chi connectivity index (χ0) is 20.3. The van der Waals surface area contributed by atoms with Crippen molar-refractivity contribution in [3.05, 3.63) is 107 Å². The van der Waals surface area contributed by atoms with Crippen LogP contribution in [0.25, 0.3) is 0 Å². The molecule has 0 heterocycles. The predicted octanol–water partition coefficient (Wildman–Crippen LogP) is 8.38. The molecule has 0 aromatic heterocycles. The summed E-state index contributed by atoms with van der Waals surface area (Å²) in [5.74, 6) is 0. The second-order valence-corrected chi connectivity index (χ2v) is 7.32. The summed E-state index contributed by atoms with van der Waals surface area (Å²) in [7, 11) is 0. The van der Waals surface area contributed by atoms with Gasteiger partial charge in [-0.25, -0.2) is 0 Å². The molecule has 29 heavy (non-hydrogen) atoms. The maximum atomic E-state index is 4.39. The van der Waals surface area contributed by atoms with Gasteiger partial charge in [-0.1, -0.05) is 67.6 Å². The zero-order valence-corrected chi connectivity index (χ0v) is 17.5. The van der Waals surface area contributed by atoms with Gasteiger partial charge in [0.15, 0.2) is 0 Å². The summed E-state index contributed by atoms with van der Waals surface area (Å²) in [5.41, 5.74) is 7.09. The first-order valence-corrected chi connectivity index (χ1v) is 10.5. The predicted molar refractivity (Wildman–Crippen MR) is 124 cm³/mol. The van der Waals surface area contributed by atoms with Crippen LogP contribution in [0.4, 0.5) is 11.4 Å². The average molecular weight is 383 g/mol. The molecule has 0 fully saturated rings. The van der Waals surface area contributed by atoms with Crippen LogP contribution < -0.4 is 0 Å². The van der Waals surface area contributed by atoms with E-state index in [1.54, 1.807) is 0 Å². The van der Waals surface area contributed by atoms with Crippen LogP contribution in [0.5, 0.6) is 0 Å². The number of allylic oxidation sites excluding steroid dienone is 8. The lowest BCUT2D eigenvalue weighted by atomic mass is 10.00. The van der Waals surface area contributed by atoms with E-state index in [4.69, 9.17) is 0 Å². The molecule has 1 aliphatic carbocycles. The minimum absolute atomic E-state index is 0.876. The third kappa shape index (κ3) is 6.83. The summed E-state index contributed by atoms with van der Waals surface area (Å²) in [6, 6.07) is 16.7. The molecule has 2 aromatic carbocycles. The number of benzene rings is 2. The van der Waals surface area contributed by atoms with Crippen LogP contribution in [0.3, 0.4) is 0 Å². The molecule has 0 unspecified atom stereocenters. The van der Waals surface area contributed by atoms with Gasteiger partial charge in [-0.05, 0) is 85.6 Å². The molecule has 2 nitrogen and oxygen atoms in total. The molecule has 0 saturated carbocycles. The number of rotatable bonds is 8. The van der Waals surface area contributed by atoms with Gasteiger partial charge in [0.2, 0.25) is 0 Å². The zero-order valence-electron chi connectivity index (χ0n) is 17.5. The Morgan fingerprint density at radius 3 is 2.10 bits per heavy atom. The molecule has 2 aromatic rings. The third-order valence-electron chi connectivity index (χ3n) is 4.98. The topological polar surface area (TPSA) is 24.7 Å². The van der Waals surface area contributed by atoms with Crippen LogP contribution >= 0.6 is 0 Å². The van der Waals surface area contributed by atoms with E-state index >= 15 is 0 Å². The van der Waals surface area contributed by atoms with Gasteiger partial charge >= 0.3 is 0 Å². The van der Waals surface area contributed by atoms with Crippen LogP contribution in [-0.4, -0.2) is 0 Å². The van der Waals surface area contributed by atoms with E-state index in [9.17, 15) is 0 Å². The fourth-order valence-electron chi connectivity index (χ4n) is 3.27. The number of nitrogens with zero attached hydrogens (tertiary/aromatic N) is 2. The summed E-state index contributed by atoms with van der Waals surface area (Å²) >= 11 is 0. The van der Waals surface area contributed by atoms with E-state index < -0.39 is 0 Å². The van der Waals surface area contributed by atoms with Gasteiger partial charge in [0.05, 0.1) is 11.4 Å². The lowest BCUT2D eigenvalue weighted by molar-refractivity contribution is 0.994. The standard InChI is InChI=1S/C27H30N2/c1-3-5-9-22(4-2)20-24-12-16-26(17-13-24)28-29-27-18-14-25(15-19-27)21-23-10-7-6-8-11-23/h4-5,7,9-19H,3,6,8,20-21H2,1-2H3/b9-5-,22-4+,29-28?. The van der Waals surface area contributed by atoms with Crippen molar-refractivity contribution >= 4 is 11.4 Å². The van der Waals surface area contributed by atoms with E-state index in [-0.39, 0.29) is 0 Å². The van der Waals surface area contributed by atoms with E-state index in [0.29, 0.717) is 0 Å². The minimum Gasteiger partial charge on any atom is -0.151 e. The van der Waals surface area contributed by atoms with E-state index in [2.05, 4.69) is 84.8 Å². The highest BCUT2D eigenvalue weighted by atomic mass is 15.1. The van der Waals surface area contributed by atoms with Gasteiger partial charge < -0.3 is 0 Å². The summed E-state index contributed by atoms with van der Waals surface area (Å²) in [5, 5.41) is 8.77. The van der Waals surface area contributed by atoms with Crippen molar-refractivity contribution in [3.63, 3.8) is 0 Å². The van der Waals surface area contributed by atoms with Crippen LogP contribution in [0, 0.1) is 0 Å². The van der Waals surface area contributed by atoms with Crippen molar-refractivity contribution in [2.75, 3.05) is 0 Å². The second kappa shape index (κ2) is 11.1. The smallest absolute Gasteiger partial charge is 0.0857 e. The lowest BCUT2D eigenvalue weighted by Gasteiger charge is -2.07. The van der Waals surface area contributed by atoms with E-state index in [0.717, 1.165) is 43.5 Å². The molecule has 0 saturated heterocycles. The maximum absolute atomic E-state index is 4.39. The number of azo groups is 1. The van der Waals surface area contributed by atoms with E-state index in [1.807, 2.05) is 24.3 Å². The van der Waals surface area contributed by atoms with Crippen molar-refractivity contribution in [1.82, 2.24) is 0 Å². The van der Waals surface area contributed by atoms with Crippen LogP contribution in [0.1, 0.15) is 44.2 Å². The van der Waals surface area contributed by atoms with Gasteiger partial charge in [-0.3, -0.25) is 0 Å². The van der Waals surface area contributed by atoms with Crippen molar-refractivity contribution in [3.8, 4) is 0 Å². The van der Waals surface area contributed by atoms with Crippen LogP contribution in [0.15, 0.2) is 106 Å². The van der Waals surface area contributed by atoms with Crippen molar-refractivity contribution in [2.24, 2.45) is 10.2 Å². The maximum Gasteiger partial charge on any atom is 0.0857 e. The highest BCUT2D eigenvalue weighted by molar-refractivity contribution is 5.43. The fraction of sp³-hybridized carbons (Fsp3) is 0.259. The number of hydrogen-bond donors (Lipinski definition) is 0. The third-order valence-corrected chi connectivity index (χ3v) is 4.98. The van der Waals surface area contributed by atoms with Gasteiger partial charge in [-0.2, -0.15) is 10.2 Å². The second-order valence-electron chi connectivity index (χ2n) is 7.32. The molecule has 0 bridgehead atoms. The normalized spacial score (nSPS) is 14.7. The first kappa shape index (κ1) is 20.7. The Bertz CT molecular complexity index is 924. The molecule has 0 radical (unpaired) electrons. The van der Waals surface area contributed by atoms with Crippen molar-refractivity contribution in [2.45, 2.75) is 46.0 Å². The Hall–Kier alpha value is -3.00. The molecule has 148 valence electrons. The molecule has 0 spiro atoms. The lowest BCUT2D eigenvalue weighted by Crippen LogP contribution is -1.90. The molecule has 0 amide bonds. The quantitative estimate of drug-likeness (QED) is 0.323. The summed E-state index contributed by atoms with van der Waals surface area (Å²) < 4.78 is 0. The van der Waals surface area contributed by atoms with Gasteiger partial charge in [0.25, 0.3) is 0 Å². The monoisotopic (exact) mass is 382 g/mol. The summed E-state index contributed by atoms with van der Waals surface area (Å²) in [6.45, 7) is 4.24. The Balaban J connectivity index is 1.57. The highest BCUT2D eigenvalue weighted by Crippen LogP contribution is 2.22. The van der Waals surface area contributed by atoms with Gasteiger partial charge in [-0.15, -0.1) is 0 Å².